The minimum atomic E-state index is 0.569. The Bertz CT molecular complexity index is 271. The molecule has 98 valence electrons. The molecule has 1 aliphatic carbocycles. The van der Waals surface area contributed by atoms with Gasteiger partial charge in [0.2, 0.25) is 0 Å². The Balaban J connectivity index is 1.56. The molecule has 1 N–H and O–H groups in total. The fourth-order valence-corrected chi connectivity index (χ4v) is 4.20. The molecule has 3 rings (SSSR count). The van der Waals surface area contributed by atoms with Crippen molar-refractivity contribution in [2.45, 2.75) is 70.4 Å². The molecule has 2 heteroatoms. The van der Waals surface area contributed by atoms with Crippen molar-refractivity contribution in [3.8, 4) is 0 Å². The Morgan fingerprint density at radius 1 is 1.18 bits per heavy atom. The lowest BCUT2D eigenvalue weighted by molar-refractivity contribution is -0.0627. The van der Waals surface area contributed by atoms with E-state index in [4.69, 9.17) is 0 Å². The molecule has 1 unspecified atom stereocenters. The standard InChI is InChI=1S/C15H28N2/c1-3-14(4-2)11-17(12-14)13-6-9-16-15(10-13)7-5-8-15/h13,16H,3-12H2,1-2H3. The summed E-state index contributed by atoms with van der Waals surface area (Å²) in [5.74, 6) is 0. The minimum absolute atomic E-state index is 0.569. The summed E-state index contributed by atoms with van der Waals surface area (Å²) < 4.78 is 0. The maximum Gasteiger partial charge on any atom is 0.0196 e. The van der Waals surface area contributed by atoms with Crippen molar-refractivity contribution in [1.29, 1.82) is 0 Å². The van der Waals surface area contributed by atoms with Crippen LogP contribution in [0.15, 0.2) is 0 Å². The molecule has 0 bridgehead atoms. The Hall–Kier alpha value is -0.0800. The number of likely N-dealkylation sites (tertiary alicyclic amines) is 1. The van der Waals surface area contributed by atoms with E-state index in [0.29, 0.717) is 11.0 Å². The van der Waals surface area contributed by atoms with Gasteiger partial charge in [-0.2, -0.15) is 0 Å². The summed E-state index contributed by atoms with van der Waals surface area (Å²) in [6, 6.07) is 0.891. The van der Waals surface area contributed by atoms with Crippen molar-refractivity contribution < 1.29 is 0 Å². The molecule has 1 spiro atoms. The molecule has 2 saturated heterocycles. The first kappa shape index (κ1) is 12.0. The van der Waals surface area contributed by atoms with Crippen LogP contribution in [0.2, 0.25) is 0 Å². The van der Waals surface area contributed by atoms with Crippen LogP contribution in [0.5, 0.6) is 0 Å². The SMILES string of the molecule is CCC1(CC)CN(C2CCNC3(CCC3)C2)C1. The van der Waals surface area contributed by atoms with E-state index in [-0.39, 0.29) is 0 Å². The zero-order valence-electron chi connectivity index (χ0n) is 11.6. The third-order valence-corrected chi connectivity index (χ3v) is 6.01. The van der Waals surface area contributed by atoms with Crippen LogP contribution in [-0.2, 0) is 0 Å². The van der Waals surface area contributed by atoms with Crippen LogP contribution in [0.25, 0.3) is 0 Å². The molecule has 1 saturated carbocycles. The first-order valence-corrected chi connectivity index (χ1v) is 7.70. The number of hydrogen-bond acceptors (Lipinski definition) is 2. The molecule has 0 radical (unpaired) electrons. The van der Waals surface area contributed by atoms with Gasteiger partial charge >= 0.3 is 0 Å². The Morgan fingerprint density at radius 2 is 1.88 bits per heavy atom. The molecule has 2 aliphatic heterocycles. The zero-order valence-corrected chi connectivity index (χ0v) is 11.6. The van der Waals surface area contributed by atoms with E-state index >= 15 is 0 Å². The molecule has 1 atom stereocenters. The lowest BCUT2D eigenvalue weighted by Gasteiger charge is -2.57. The molecular weight excluding hydrogens is 208 g/mol. The third-order valence-electron chi connectivity index (χ3n) is 6.01. The van der Waals surface area contributed by atoms with E-state index in [2.05, 4.69) is 24.1 Å². The van der Waals surface area contributed by atoms with Gasteiger partial charge in [0.1, 0.15) is 0 Å². The monoisotopic (exact) mass is 236 g/mol. The fourth-order valence-electron chi connectivity index (χ4n) is 4.20. The average Bonchev–Trinajstić information content (AvgIpc) is 2.27. The highest BCUT2D eigenvalue weighted by atomic mass is 15.2. The number of hydrogen-bond donors (Lipinski definition) is 1. The lowest BCUT2D eigenvalue weighted by Crippen LogP contribution is -2.65. The highest BCUT2D eigenvalue weighted by Gasteiger charge is 2.47. The van der Waals surface area contributed by atoms with Gasteiger partial charge in [0.05, 0.1) is 0 Å². The Kier molecular flexibility index (Phi) is 2.99. The van der Waals surface area contributed by atoms with Gasteiger partial charge in [-0.3, -0.25) is 4.90 Å². The highest BCUT2D eigenvalue weighted by Crippen LogP contribution is 2.44. The molecule has 3 fully saturated rings. The van der Waals surface area contributed by atoms with Gasteiger partial charge in [-0.1, -0.05) is 13.8 Å². The van der Waals surface area contributed by atoms with Crippen molar-refractivity contribution in [3.63, 3.8) is 0 Å². The first-order chi connectivity index (χ1) is 8.21. The Labute approximate surface area is 106 Å². The van der Waals surface area contributed by atoms with Crippen molar-refractivity contribution in [2.75, 3.05) is 19.6 Å². The second-order valence-corrected chi connectivity index (χ2v) is 6.82. The molecule has 3 aliphatic rings. The summed E-state index contributed by atoms with van der Waals surface area (Å²) in [6.07, 6.45) is 9.87. The van der Waals surface area contributed by atoms with E-state index in [0.717, 1.165) is 6.04 Å². The zero-order chi connectivity index (χ0) is 11.9. The average molecular weight is 236 g/mol. The normalized spacial score (nSPS) is 35.3. The molecular formula is C15H28N2. The minimum Gasteiger partial charge on any atom is -0.311 e. The summed E-state index contributed by atoms with van der Waals surface area (Å²) in [6.45, 7) is 8.75. The van der Waals surface area contributed by atoms with Gasteiger partial charge in [0.15, 0.2) is 0 Å². The molecule has 0 aromatic carbocycles. The maximum atomic E-state index is 3.79. The molecule has 17 heavy (non-hydrogen) atoms. The van der Waals surface area contributed by atoms with Crippen LogP contribution in [0.3, 0.4) is 0 Å². The van der Waals surface area contributed by atoms with Gasteiger partial charge in [0.25, 0.3) is 0 Å². The lowest BCUT2D eigenvalue weighted by atomic mass is 9.68. The van der Waals surface area contributed by atoms with E-state index in [1.165, 1.54) is 64.6 Å². The largest absolute Gasteiger partial charge is 0.311 e. The van der Waals surface area contributed by atoms with Crippen molar-refractivity contribution in [3.05, 3.63) is 0 Å². The number of nitrogens with zero attached hydrogens (tertiary/aromatic N) is 1. The summed E-state index contributed by atoms with van der Waals surface area (Å²) in [7, 11) is 0. The topological polar surface area (TPSA) is 15.3 Å². The van der Waals surface area contributed by atoms with Crippen LogP contribution in [0.1, 0.15) is 58.8 Å². The molecule has 2 nitrogen and oxygen atoms in total. The number of piperidine rings is 1. The van der Waals surface area contributed by atoms with Gasteiger partial charge in [-0.25, -0.2) is 0 Å². The molecule has 0 aromatic rings. The van der Waals surface area contributed by atoms with Crippen molar-refractivity contribution in [2.24, 2.45) is 5.41 Å². The van der Waals surface area contributed by atoms with Crippen LogP contribution in [0, 0.1) is 5.41 Å². The predicted octanol–water partition coefficient (Wildman–Crippen LogP) is 2.78. The Morgan fingerprint density at radius 3 is 2.41 bits per heavy atom. The predicted molar refractivity (Wildman–Crippen MR) is 72.2 cm³/mol. The van der Waals surface area contributed by atoms with E-state index in [9.17, 15) is 0 Å². The smallest absolute Gasteiger partial charge is 0.0196 e. The molecule has 2 heterocycles. The summed E-state index contributed by atoms with van der Waals surface area (Å²) >= 11 is 0. The van der Waals surface area contributed by atoms with Gasteiger partial charge < -0.3 is 5.32 Å². The van der Waals surface area contributed by atoms with E-state index in [1.807, 2.05) is 0 Å². The molecule has 0 aromatic heterocycles. The highest BCUT2D eigenvalue weighted by molar-refractivity contribution is 5.05. The second-order valence-electron chi connectivity index (χ2n) is 6.82. The van der Waals surface area contributed by atoms with Crippen molar-refractivity contribution >= 4 is 0 Å². The summed E-state index contributed by atoms with van der Waals surface area (Å²) in [5.41, 5.74) is 1.25. The quantitative estimate of drug-likeness (QED) is 0.810. The third kappa shape index (κ3) is 1.94. The second kappa shape index (κ2) is 4.24. The summed E-state index contributed by atoms with van der Waals surface area (Å²) in [5, 5.41) is 3.79. The van der Waals surface area contributed by atoms with E-state index in [1.54, 1.807) is 0 Å². The van der Waals surface area contributed by atoms with E-state index < -0.39 is 0 Å². The summed E-state index contributed by atoms with van der Waals surface area (Å²) in [4.78, 5) is 2.79. The van der Waals surface area contributed by atoms with Gasteiger partial charge in [-0.15, -0.1) is 0 Å². The maximum absolute atomic E-state index is 3.79. The van der Waals surface area contributed by atoms with Crippen LogP contribution < -0.4 is 5.32 Å². The van der Waals surface area contributed by atoms with Crippen molar-refractivity contribution in [1.82, 2.24) is 10.2 Å². The fraction of sp³-hybridized carbons (Fsp3) is 1.00. The van der Waals surface area contributed by atoms with Crippen LogP contribution >= 0.6 is 0 Å². The van der Waals surface area contributed by atoms with Crippen LogP contribution in [0.4, 0.5) is 0 Å². The van der Waals surface area contributed by atoms with Crippen LogP contribution in [-0.4, -0.2) is 36.1 Å². The first-order valence-electron chi connectivity index (χ1n) is 7.70. The van der Waals surface area contributed by atoms with Gasteiger partial charge in [0, 0.05) is 24.7 Å². The number of rotatable bonds is 3. The van der Waals surface area contributed by atoms with Gasteiger partial charge in [-0.05, 0) is 56.9 Å². The number of nitrogens with one attached hydrogen (secondary N) is 1. The molecule has 0 amide bonds.